The van der Waals surface area contributed by atoms with E-state index in [-0.39, 0.29) is 36.0 Å². The fourth-order valence-electron chi connectivity index (χ4n) is 2.80. The number of nitrogens with zero attached hydrogens (tertiary/aromatic N) is 3. The van der Waals surface area contributed by atoms with Crippen LogP contribution >= 0.6 is 11.8 Å². The zero-order valence-electron chi connectivity index (χ0n) is 16.1. The van der Waals surface area contributed by atoms with Crippen LogP contribution in [0.4, 0.5) is 5.69 Å². The molecule has 12 heteroatoms. The molecule has 2 aromatic heterocycles. The standard InChI is InChI=1S/C18H17N5O6S/c1-9-11(16(25)23(2)17(26)19-9)6-15-21-22-18(29-15)30-7-14(24)20-10-3-4-12-13(5-10)28-8-27-12/h3-5H,6-8H2,1-2H3,(H,19,26)(H,20,24). The zero-order chi connectivity index (χ0) is 21.3. The molecule has 0 fully saturated rings. The molecule has 11 nitrogen and oxygen atoms in total. The quantitative estimate of drug-likeness (QED) is 0.542. The second-order valence-corrected chi connectivity index (χ2v) is 7.37. The maximum Gasteiger partial charge on any atom is 0.328 e. The summed E-state index contributed by atoms with van der Waals surface area (Å²) in [6.45, 7) is 1.79. The molecule has 3 aromatic rings. The van der Waals surface area contributed by atoms with Gasteiger partial charge in [-0.3, -0.25) is 14.2 Å². The lowest BCUT2D eigenvalue weighted by atomic mass is 10.2. The van der Waals surface area contributed by atoms with E-state index in [0.717, 1.165) is 16.3 Å². The maximum absolute atomic E-state index is 12.3. The second-order valence-electron chi connectivity index (χ2n) is 6.44. The lowest BCUT2D eigenvalue weighted by molar-refractivity contribution is -0.113. The van der Waals surface area contributed by atoms with Gasteiger partial charge in [-0.2, -0.15) is 0 Å². The molecule has 0 unspecified atom stereocenters. The Labute approximate surface area is 173 Å². The third kappa shape index (κ3) is 4.08. The van der Waals surface area contributed by atoms with Gasteiger partial charge in [0.1, 0.15) is 0 Å². The van der Waals surface area contributed by atoms with Crippen molar-refractivity contribution < 1.29 is 18.7 Å². The van der Waals surface area contributed by atoms with Crippen molar-refractivity contribution in [2.75, 3.05) is 17.9 Å². The molecule has 1 aliphatic rings. The van der Waals surface area contributed by atoms with Crippen molar-refractivity contribution in [2.24, 2.45) is 7.05 Å². The Balaban J connectivity index is 1.36. The van der Waals surface area contributed by atoms with Gasteiger partial charge in [0.25, 0.3) is 10.8 Å². The Hall–Kier alpha value is -3.54. The van der Waals surface area contributed by atoms with Gasteiger partial charge < -0.3 is 24.2 Å². The first kappa shape index (κ1) is 19.8. The van der Waals surface area contributed by atoms with Crippen molar-refractivity contribution in [2.45, 2.75) is 18.6 Å². The van der Waals surface area contributed by atoms with Crippen molar-refractivity contribution in [3.63, 3.8) is 0 Å². The number of ether oxygens (including phenoxy) is 2. The summed E-state index contributed by atoms with van der Waals surface area (Å²) in [6.07, 6.45) is 0.0756. The third-order valence-corrected chi connectivity index (χ3v) is 5.19. The minimum absolute atomic E-state index is 0.0511. The number of hydrogen-bond donors (Lipinski definition) is 2. The number of aryl methyl sites for hydroxylation is 1. The van der Waals surface area contributed by atoms with Gasteiger partial charge in [-0.15, -0.1) is 10.2 Å². The van der Waals surface area contributed by atoms with Gasteiger partial charge in [0, 0.05) is 30.1 Å². The van der Waals surface area contributed by atoms with Gasteiger partial charge in [-0.1, -0.05) is 11.8 Å². The normalized spacial score (nSPS) is 12.2. The number of carbonyl (C=O) groups excluding carboxylic acids is 1. The summed E-state index contributed by atoms with van der Waals surface area (Å²) in [5.74, 6) is 1.21. The number of amides is 1. The van der Waals surface area contributed by atoms with Crippen LogP contribution in [0.15, 0.2) is 37.4 Å². The molecular weight excluding hydrogens is 414 g/mol. The predicted octanol–water partition coefficient (Wildman–Crippen LogP) is 0.815. The number of aromatic nitrogens is 4. The van der Waals surface area contributed by atoms with Gasteiger partial charge in [0.15, 0.2) is 11.5 Å². The van der Waals surface area contributed by atoms with Crippen LogP contribution in [0.5, 0.6) is 11.5 Å². The molecule has 0 atom stereocenters. The number of carbonyl (C=O) groups is 1. The highest BCUT2D eigenvalue weighted by Gasteiger charge is 2.17. The smallest absolute Gasteiger partial charge is 0.328 e. The van der Waals surface area contributed by atoms with E-state index in [1.165, 1.54) is 7.05 Å². The number of thioether (sulfide) groups is 1. The Morgan fingerprint density at radius 2 is 2.07 bits per heavy atom. The van der Waals surface area contributed by atoms with Crippen molar-refractivity contribution >= 4 is 23.4 Å². The largest absolute Gasteiger partial charge is 0.454 e. The SMILES string of the molecule is Cc1[nH]c(=O)n(C)c(=O)c1Cc1nnc(SCC(=O)Nc2ccc3c(c2)OCO3)o1. The van der Waals surface area contributed by atoms with E-state index in [9.17, 15) is 14.4 Å². The first-order valence-corrected chi connectivity index (χ1v) is 9.82. The van der Waals surface area contributed by atoms with Crippen LogP contribution in [0.3, 0.4) is 0 Å². The predicted molar refractivity (Wildman–Crippen MR) is 106 cm³/mol. The Bertz CT molecular complexity index is 1230. The first-order valence-electron chi connectivity index (χ1n) is 8.84. The fraction of sp³-hybridized carbons (Fsp3) is 0.278. The average Bonchev–Trinajstić information content (AvgIpc) is 3.37. The van der Waals surface area contributed by atoms with E-state index in [2.05, 4.69) is 20.5 Å². The number of H-pyrrole nitrogens is 1. The van der Waals surface area contributed by atoms with Crippen LogP contribution in [-0.2, 0) is 18.3 Å². The average molecular weight is 431 g/mol. The van der Waals surface area contributed by atoms with E-state index in [1.807, 2.05) is 0 Å². The van der Waals surface area contributed by atoms with Gasteiger partial charge >= 0.3 is 5.69 Å². The first-order chi connectivity index (χ1) is 14.4. The van der Waals surface area contributed by atoms with Crippen LogP contribution in [0.25, 0.3) is 0 Å². The molecule has 0 aliphatic carbocycles. The van der Waals surface area contributed by atoms with Gasteiger partial charge in [0.05, 0.1) is 12.2 Å². The third-order valence-electron chi connectivity index (χ3n) is 4.37. The number of hydrogen-bond acceptors (Lipinski definition) is 9. The van der Waals surface area contributed by atoms with Gasteiger partial charge in [-0.25, -0.2) is 4.79 Å². The van der Waals surface area contributed by atoms with Crippen LogP contribution in [0.1, 0.15) is 17.1 Å². The van der Waals surface area contributed by atoms with E-state index in [4.69, 9.17) is 13.9 Å². The van der Waals surface area contributed by atoms with Crippen LogP contribution in [0.2, 0.25) is 0 Å². The molecule has 0 saturated heterocycles. The highest BCUT2D eigenvalue weighted by atomic mass is 32.2. The maximum atomic E-state index is 12.3. The number of fused-ring (bicyclic) bond motifs is 1. The molecule has 1 amide bonds. The molecule has 0 bridgehead atoms. The molecule has 1 aliphatic heterocycles. The molecule has 0 spiro atoms. The summed E-state index contributed by atoms with van der Waals surface area (Å²) in [6, 6.07) is 5.12. The summed E-state index contributed by atoms with van der Waals surface area (Å²) >= 11 is 1.07. The van der Waals surface area contributed by atoms with E-state index in [1.54, 1.807) is 25.1 Å². The van der Waals surface area contributed by atoms with Crippen LogP contribution in [0, 0.1) is 6.92 Å². The Kier molecular flexibility index (Phi) is 5.31. The highest BCUT2D eigenvalue weighted by Crippen LogP contribution is 2.34. The molecule has 0 radical (unpaired) electrons. The fourth-order valence-corrected chi connectivity index (χ4v) is 3.38. The number of nitrogens with one attached hydrogen (secondary N) is 2. The minimum Gasteiger partial charge on any atom is -0.454 e. The second kappa shape index (κ2) is 8.06. The molecule has 156 valence electrons. The lowest BCUT2D eigenvalue weighted by Gasteiger charge is -2.05. The van der Waals surface area contributed by atoms with Crippen molar-refractivity contribution in [1.29, 1.82) is 0 Å². The summed E-state index contributed by atoms with van der Waals surface area (Å²) < 4.78 is 17.0. The summed E-state index contributed by atoms with van der Waals surface area (Å²) in [7, 11) is 1.39. The molecule has 1 aromatic carbocycles. The number of rotatable bonds is 6. The van der Waals surface area contributed by atoms with E-state index in [0.29, 0.717) is 28.4 Å². The number of benzene rings is 1. The van der Waals surface area contributed by atoms with Gasteiger partial charge in [0.2, 0.25) is 18.6 Å². The highest BCUT2D eigenvalue weighted by molar-refractivity contribution is 7.99. The Morgan fingerprint density at radius 1 is 1.27 bits per heavy atom. The summed E-state index contributed by atoms with van der Waals surface area (Å²) in [4.78, 5) is 38.6. The number of anilines is 1. The van der Waals surface area contributed by atoms with E-state index >= 15 is 0 Å². The zero-order valence-corrected chi connectivity index (χ0v) is 16.9. The minimum atomic E-state index is -0.489. The topological polar surface area (TPSA) is 141 Å². The number of aromatic amines is 1. The lowest BCUT2D eigenvalue weighted by Crippen LogP contribution is -2.36. The van der Waals surface area contributed by atoms with Crippen LogP contribution < -0.4 is 26.0 Å². The van der Waals surface area contributed by atoms with Crippen molar-refractivity contribution in [3.05, 3.63) is 56.2 Å². The van der Waals surface area contributed by atoms with E-state index < -0.39 is 11.2 Å². The monoisotopic (exact) mass is 431 g/mol. The molecule has 0 saturated carbocycles. The van der Waals surface area contributed by atoms with Crippen molar-refractivity contribution in [3.8, 4) is 11.5 Å². The molecule has 4 rings (SSSR count). The van der Waals surface area contributed by atoms with Crippen LogP contribution in [-0.4, -0.2) is 38.2 Å². The molecule has 3 heterocycles. The summed E-state index contributed by atoms with van der Waals surface area (Å²) in [5, 5.41) is 10.7. The summed E-state index contributed by atoms with van der Waals surface area (Å²) in [5.41, 5.74) is 0.472. The Morgan fingerprint density at radius 3 is 2.90 bits per heavy atom. The molecular formula is C18H17N5O6S. The van der Waals surface area contributed by atoms with Gasteiger partial charge in [-0.05, 0) is 19.1 Å². The van der Waals surface area contributed by atoms with Crippen molar-refractivity contribution in [1.82, 2.24) is 19.7 Å². The molecule has 30 heavy (non-hydrogen) atoms. The molecule has 2 N–H and O–H groups in total.